The number of halogens is 1. The molecule has 2 aromatic carbocycles. The SMILES string of the molecule is [O-][Cl+3]([O-])([O-])[O-].c1ccc(CC(Cc2ccccc2)=[N+]2CCCC2)cc1. The summed E-state index contributed by atoms with van der Waals surface area (Å²) in [4.78, 5) is 0. The first-order chi connectivity index (χ1) is 11.9. The summed E-state index contributed by atoms with van der Waals surface area (Å²) in [5, 5.41) is 0. The molecular formula is C19H22ClNO4. The first kappa shape index (κ1) is 19.6. The molecule has 134 valence electrons. The van der Waals surface area contributed by atoms with Gasteiger partial charge in [0, 0.05) is 12.8 Å². The van der Waals surface area contributed by atoms with Gasteiger partial charge in [-0.2, -0.15) is 0 Å². The molecule has 0 spiro atoms. The fourth-order valence-electron chi connectivity index (χ4n) is 2.98. The van der Waals surface area contributed by atoms with E-state index in [0.717, 1.165) is 12.8 Å². The second-order valence-electron chi connectivity index (χ2n) is 5.96. The van der Waals surface area contributed by atoms with Crippen molar-refractivity contribution in [1.82, 2.24) is 0 Å². The molecule has 25 heavy (non-hydrogen) atoms. The fraction of sp³-hybridized carbons (Fsp3) is 0.316. The normalized spacial score (nSPS) is 14.0. The van der Waals surface area contributed by atoms with Crippen LogP contribution in [0, 0.1) is 10.2 Å². The largest absolute Gasteiger partial charge is 0.236 e. The molecule has 0 unspecified atom stereocenters. The van der Waals surface area contributed by atoms with Gasteiger partial charge in [0.15, 0.2) is 5.71 Å². The summed E-state index contributed by atoms with van der Waals surface area (Å²) in [5.41, 5.74) is 4.41. The van der Waals surface area contributed by atoms with E-state index in [1.54, 1.807) is 5.71 Å². The topological polar surface area (TPSA) is 95.2 Å². The number of rotatable bonds is 4. The smallest absolute Gasteiger partial charge is 0.161 e. The molecule has 2 aromatic rings. The summed E-state index contributed by atoms with van der Waals surface area (Å²) in [5.74, 6) is 0. The Morgan fingerprint density at radius 3 is 1.44 bits per heavy atom. The summed E-state index contributed by atoms with van der Waals surface area (Å²) in [6, 6.07) is 21.7. The van der Waals surface area contributed by atoms with Gasteiger partial charge in [-0.1, -0.05) is 60.7 Å². The van der Waals surface area contributed by atoms with Gasteiger partial charge in [-0.05, 0) is 11.1 Å². The maximum atomic E-state index is 8.49. The van der Waals surface area contributed by atoms with Crippen LogP contribution in [0.3, 0.4) is 0 Å². The zero-order chi connectivity index (χ0) is 18.1. The lowest BCUT2D eigenvalue weighted by atomic mass is 10.0. The molecule has 0 N–H and O–H groups in total. The predicted molar refractivity (Wildman–Crippen MR) is 84.5 cm³/mol. The molecule has 6 heteroatoms. The minimum Gasteiger partial charge on any atom is -0.236 e. The highest BCUT2D eigenvalue weighted by molar-refractivity contribution is 5.84. The lowest BCUT2D eigenvalue weighted by Crippen LogP contribution is -2.68. The molecule has 0 aromatic heterocycles. The maximum Gasteiger partial charge on any atom is 0.161 e. The van der Waals surface area contributed by atoms with Crippen LogP contribution >= 0.6 is 0 Å². The van der Waals surface area contributed by atoms with Crippen LogP contribution in [0.2, 0.25) is 0 Å². The van der Waals surface area contributed by atoms with E-state index in [-0.39, 0.29) is 0 Å². The minimum absolute atomic E-state index is 1.08. The summed E-state index contributed by atoms with van der Waals surface area (Å²) >= 11 is 0. The lowest BCUT2D eigenvalue weighted by Gasteiger charge is -2.17. The molecule has 1 fully saturated rings. The number of benzene rings is 2. The molecule has 5 nitrogen and oxygen atoms in total. The summed E-state index contributed by atoms with van der Waals surface area (Å²) in [6.45, 7) is 2.46. The second kappa shape index (κ2) is 9.65. The Labute approximate surface area is 150 Å². The third-order valence-electron chi connectivity index (χ3n) is 4.06. The van der Waals surface area contributed by atoms with E-state index in [1.807, 2.05) is 0 Å². The van der Waals surface area contributed by atoms with Gasteiger partial charge in [-0.3, -0.25) is 0 Å². The molecular weight excluding hydrogens is 342 g/mol. The number of nitrogens with zero attached hydrogens (tertiary/aromatic N) is 1. The molecule has 0 saturated carbocycles. The van der Waals surface area contributed by atoms with E-state index in [4.69, 9.17) is 18.6 Å². The highest BCUT2D eigenvalue weighted by atomic mass is 35.7. The fourth-order valence-corrected chi connectivity index (χ4v) is 2.98. The quantitative estimate of drug-likeness (QED) is 0.648. The minimum atomic E-state index is -4.94. The third-order valence-corrected chi connectivity index (χ3v) is 4.06. The highest BCUT2D eigenvalue weighted by Gasteiger charge is 2.20. The van der Waals surface area contributed by atoms with E-state index in [0.29, 0.717) is 0 Å². The Hall–Kier alpha value is -1.76. The van der Waals surface area contributed by atoms with Gasteiger partial charge in [0.25, 0.3) is 0 Å². The van der Waals surface area contributed by atoms with Crippen molar-refractivity contribution in [2.75, 3.05) is 13.1 Å². The Bertz CT molecular complexity index is 611. The van der Waals surface area contributed by atoms with Crippen molar-refractivity contribution in [3.63, 3.8) is 0 Å². The van der Waals surface area contributed by atoms with Crippen molar-refractivity contribution in [3.8, 4) is 0 Å². The van der Waals surface area contributed by atoms with Crippen molar-refractivity contribution in [1.29, 1.82) is 0 Å². The van der Waals surface area contributed by atoms with E-state index in [2.05, 4.69) is 65.2 Å². The van der Waals surface area contributed by atoms with E-state index in [1.165, 1.54) is 37.1 Å². The molecule has 0 radical (unpaired) electrons. The summed E-state index contributed by atoms with van der Waals surface area (Å²) < 4.78 is 36.6. The van der Waals surface area contributed by atoms with E-state index in [9.17, 15) is 0 Å². The van der Waals surface area contributed by atoms with Crippen molar-refractivity contribution in [2.24, 2.45) is 0 Å². The van der Waals surface area contributed by atoms with Crippen LogP contribution in [0.5, 0.6) is 0 Å². The van der Waals surface area contributed by atoms with Crippen molar-refractivity contribution in [3.05, 3.63) is 71.8 Å². The van der Waals surface area contributed by atoms with Gasteiger partial charge in [0.05, 0.1) is 12.8 Å². The van der Waals surface area contributed by atoms with Gasteiger partial charge >= 0.3 is 0 Å². The molecule has 0 amide bonds. The average Bonchev–Trinajstić information content (AvgIpc) is 3.09. The first-order valence-electron chi connectivity index (χ1n) is 8.21. The van der Waals surface area contributed by atoms with Crippen molar-refractivity contribution >= 4 is 5.71 Å². The van der Waals surface area contributed by atoms with E-state index >= 15 is 0 Å². The van der Waals surface area contributed by atoms with Crippen molar-refractivity contribution in [2.45, 2.75) is 25.7 Å². The van der Waals surface area contributed by atoms with Crippen LogP contribution in [0.25, 0.3) is 0 Å². The number of hydrogen-bond donors (Lipinski definition) is 0. The number of hydrogen-bond acceptors (Lipinski definition) is 4. The van der Waals surface area contributed by atoms with E-state index < -0.39 is 10.2 Å². The molecule has 0 atom stereocenters. The van der Waals surface area contributed by atoms with Crippen LogP contribution < -0.4 is 18.6 Å². The van der Waals surface area contributed by atoms with Gasteiger partial charge in [-0.15, -0.1) is 10.2 Å². The average molecular weight is 364 g/mol. The zero-order valence-corrected chi connectivity index (χ0v) is 14.7. The molecule has 1 heterocycles. The van der Waals surface area contributed by atoms with Gasteiger partial charge < -0.3 is 0 Å². The summed E-state index contributed by atoms with van der Waals surface area (Å²) in [7, 11) is -4.94. The molecule has 1 aliphatic rings. The highest BCUT2D eigenvalue weighted by Crippen LogP contribution is 2.10. The zero-order valence-electron chi connectivity index (χ0n) is 14.0. The predicted octanol–water partition coefficient (Wildman–Crippen LogP) is -1.04. The lowest BCUT2D eigenvalue weighted by molar-refractivity contribution is -2.00. The Kier molecular flexibility index (Phi) is 7.55. The molecule has 1 saturated heterocycles. The van der Waals surface area contributed by atoms with Crippen LogP contribution in [0.15, 0.2) is 60.7 Å². The molecule has 0 bridgehead atoms. The standard InChI is InChI=1S/C19H22N.ClHO4/c1-3-9-17(10-4-1)15-19(20-13-7-8-14-20)16-18-11-5-2-6-12-18;2-1(3,4)5/h1-6,9-12H,7-8,13-16H2;(H,2,3,4,5)/q+1;/p-1. The molecule has 0 aliphatic carbocycles. The van der Waals surface area contributed by atoms with Crippen LogP contribution in [0.4, 0.5) is 0 Å². The first-order valence-corrected chi connectivity index (χ1v) is 9.44. The molecule has 1 aliphatic heterocycles. The van der Waals surface area contributed by atoms with Crippen LogP contribution in [-0.2, 0) is 12.8 Å². The third kappa shape index (κ3) is 8.25. The van der Waals surface area contributed by atoms with Crippen molar-refractivity contribution < 1.29 is 33.5 Å². The Balaban J connectivity index is 0.000000399. The monoisotopic (exact) mass is 363 g/mol. The van der Waals surface area contributed by atoms with Gasteiger partial charge in [0.2, 0.25) is 0 Å². The van der Waals surface area contributed by atoms with Crippen LogP contribution in [0.1, 0.15) is 24.0 Å². The van der Waals surface area contributed by atoms with Gasteiger partial charge in [0.1, 0.15) is 13.1 Å². The molecule has 3 rings (SSSR count). The Morgan fingerprint density at radius 1 is 0.720 bits per heavy atom. The summed E-state index contributed by atoms with van der Waals surface area (Å²) in [6.07, 6.45) is 4.84. The second-order valence-corrected chi connectivity index (χ2v) is 6.72. The Morgan fingerprint density at radius 2 is 1.08 bits per heavy atom. The van der Waals surface area contributed by atoms with Gasteiger partial charge in [-0.25, -0.2) is 23.2 Å². The maximum absolute atomic E-state index is 8.49. The van der Waals surface area contributed by atoms with Crippen LogP contribution in [-0.4, -0.2) is 23.4 Å².